The molecule has 3 aromatic carbocycles. The van der Waals surface area contributed by atoms with Gasteiger partial charge in [-0.15, -0.1) is 0 Å². The fourth-order valence-electron chi connectivity index (χ4n) is 3.55. The van der Waals surface area contributed by atoms with Gasteiger partial charge in [0.05, 0.1) is 29.7 Å². The van der Waals surface area contributed by atoms with E-state index in [0.29, 0.717) is 33.1 Å². The Kier molecular flexibility index (Phi) is 6.31. The molecule has 1 N–H and O–H groups in total. The number of hydrogen-bond acceptors (Lipinski definition) is 5. The number of rotatable bonds is 7. The summed E-state index contributed by atoms with van der Waals surface area (Å²) in [6.45, 7) is -0.100. The highest BCUT2D eigenvalue weighted by Crippen LogP contribution is 2.32. The second-order valence-corrected chi connectivity index (χ2v) is 9.56. The van der Waals surface area contributed by atoms with Crippen molar-refractivity contribution in [1.29, 1.82) is 0 Å². The van der Waals surface area contributed by atoms with Crippen LogP contribution in [-0.2, 0) is 21.2 Å². The van der Waals surface area contributed by atoms with Crippen molar-refractivity contribution in [2.24, 2.45) is 0 Å². The topological polar surface area (TPSA) is 86.6 Å². The Morgan fingerprint density at radius 2 is 1.73 bits per heavy atom. The minimum atomic E-state index is -3.82. The largest absolute Gasteiger partial charge is 0.497 e. The van der Waals surface area contributed by atoms with Gasteiger partial charge in [-0.3, -0.25) is 4.79 Å². The molecule has 1 heterocycles. The van der Waals surface area contributed by atoms with Crippen LogP contribution in [0.15, 0.2) is 82.7 Å². The first-order valence-corrected chi connectivity index (χ1v) is 11.8. The number of nitrogens with zero attached hydrogens (tertiary/aromatic N) is 1. The van der Waals surface area contributed by atoms with E-state index in [9.17, 15) is 13.2 Å². The van der Waals surface area contributed by atoms with Crippen LogP contribution in [0.2, 0.25) is 5.02 Å². The van der Waals surface area contributed by atoms with Gasteiger partial charge in [-0.1, -0.05) is 29.8 Å². The Labute approximate surface area is 196 Å². The van der Waals surface area contributed by atoms with E-state index in [0.717, 1.165) is 0 Å². The fraction of sp³-hybridized carbons (Fsp3) is 0.125. The molecule has 170 valence electrons. The van der Waals surface area contributed by atoms with Crippen molar-refractivity contribution in [2.45, 2.75) is 16.3 Å². The molecule has 7 nitrogen and oxygen atoms in total. The van der Waals surface area contributed by atoms with Crippen molar-refractivity contribution in [3.63, 3.8) is 0 Å². The van der Waals surface area contributed by atoms with Crippen LogP contribution >= 0.6 is 11.6 Å². The summed E-state index contributed by atoms with van der Waals surface area (Å²) in [5.74, 6) is 0.694. The number of amides is 1. The minimum absolute atomic E-state index is 0.100. The molecule has 1 amide bonds. The van der Waals surface area contributed by atoms with Crippen molar-refractivity contribution in [1.82, 2.24) is 4.57 Å². The predicted molar refractivity (Wildman–Crippen MR) is 127 cm³/mol. The highest BCUT2D eigenvalue weighted by molar-refractivity contribution is 7.91. The zero-order valence-electron chi connectivity index (χ0n) is 17.9. The molecule has 0 unspecified atom stereocenters. The minimum Gasteiger partial charge on any atom is -0.497 e. The molecule has 4 aromatic rings. The van der Waals surface area contributed by atoms with Gasteiger partial charge < -0.3 is 19.4 Å². The lowest BCUT2D eigenvalue weighted by molar-refractivity contribution is -0.116. The van der Waals surface area contributed by atoms with Crippen molar-refractivity contribution in [3.05, 3.63) is 77.9 Å². The van der Waals surface area contributed by atoms with Gasteiger partial charge in [0.15, 0.2) is 0 Å². The normalized spacial score (nSPS) is 11.4. The maximum Gasteiger partial charge on any atom is 0.244 e. The lowest BCUT2D eigenvalue weighted by Gasteiger charge is -2.12. The van der Waals surface area contributed by atoms with Crippen LogP contribution in [-0.4, -0.2) is 33.1 Å². The molecule has 1 aromatic heterocycles. The lowest BCUT2D eigenvalue weighted by atomic mass is 10.2. The molecule has 0 radical (unpaired) electrons. The van der Waals surface area contributed by atoms with Gasteiger partial charge in [0.1, 0.15) is 18.0 Å². The summed E-state index contributed by atoms with van der Waals surface area (Å²) in [6, 6.07) is 18.1. The van der Waals surface area contributed by atoms with Crippen LogP contribution in [0.4, 0.5) is 5.69 Å². The fourth-order valence-corrected chi connectivity index (χ4v) is 5.16. The number of carbonyl (C=O) groups excluding carboxylic acids is 1. The number of hydrogen-bond donors (Lipinski definition) is 1. The third kappa shape index (κ3) is 4.53. The molecule has 0 aliphatic carbocycles. The summed E-state index contributed by atoms with van der Waals surface area (Å²) in [4.78, 5) is 13.1. The number of anilines is 1. The van der Waals surface area contributed by atoms with Crippen LogP contribution in [0, 0.1) is 0 Å². The summed E-state index contributed by atoms with van der Waals surface area (Å²) in [7, 11) is -0.789. The lowest BCUT2D eigenvalue weighted by Crippen LogP contribution is -2.18. The van der Waals surface area contributed by atoms with Crippen LogP contribution in [0.3, 0.4) is 0 Å². The second kappa shape index (κ2) is 9.17. The number of benzene rings is 3. The molecule has 0 saturated heterocycles. The molecule has 0 aliphatic rings. The van der Waals surface area contributed by atoms with E-state index in [-0.39, 0.29) is 22.2 Å². The highest BCUT2D eigenvalue weighted by atomic mass is 35.5. The molecule has 4 rings (SSSR count). The number of nitrogens with one attached hydrogen (secondary N) is 1. The Morgan fingerprint density at radius 3 is 2.42 bits per heavy atom. The molecule has 0 bridgehead atoms. The molecule has 0 atom stereocenters. The van der Waals surface area contributed by atoms with Crippen LogP contribution in [0.25, 0.3) is 10.9 Å². The summed E-state index contributed by atoms with van der Waals surface area (Å²) in [5.41, 5.74) is 1.07. The van der Waals surface area contributed by atoms with E-state index in [1.165, 1.54) is 44.7 Å². The number of fused-ring (bicyclic) bond motifs is 1. The molecule has 0 aliphatic heterocycles. The number of aromatic nitrogens is 1. The number of carbonyl (C=O) groups is 1. The van der Waals surface area contributed by atoms with Gasteiger partial charge in [0.25, 0.3) is 0 Å². The van der Waals surface area contributed by atoms with Crippen molar-refractivity contribution >= 4 is 43.9 Å². The monoisotopic (exact) mass is 484 g/mol. The van der Waals surface area contributed by atoms with Crippen LogP contribution in [0.5, 0.6) is 11.5 Å². The number of sulfone groups is 1. The SMILES string of the molecule is COc1ccc(OC)c(NC(=O)Cn2cc(S(=O)(=O)c3ccc(Cl)cc3)c3ccccc32)c1. The van der Waals surface area contributed by atoms with E-state index in [4.69, 9.17) is 21.1 Å². The van der Waals surface area contributed by atoms with Crippen molar-refractivity contribution in [2.75, 3.05) is 19.5 Å². The zero-order chi connectivity index (χ0) is 23.6. The summed E-state index contributed by atoms with van der Waals surface area (Å²) in [6.07, 6.45) is 1.48. The maximum atomic E-state index is 13.3. The van der Waals surface area contributed by atoms with Gasteiger partial charge in [0.2, 0.25) is 15.7 Å². The van der Waals surface area contributed by atoms with E-state index >= 15 is 0 Å². The molecule has 0 fully saturated rings. The van der Waals surface area contributed by atoms with E-state index in [2.05, 4.69) is 5.32 Å². The quantitative estimate of drug-likeness (QED) is 0.408. The average molecular weight is 485 g/mol. The first-order valence-electron chi connectivity index (χ1n) is 9.94. The van der Waals surface area contributed by atoms with Crippen molar-refractivity contribution in [3.8, 4) is 11.5 Å². The summed E-state index contributed by atoms with van der Waals surface area (Å²) < 4.78 is 38.8. The van der Waals surface area contributed by atoms with Gasteiger partial charge in [-0.05, 0) is 42.5 Å². The molecule has 33 heavy (non-hydrogen) atoms. The average Bonchev–Trinajstić information content (AvgIpc) is 3.18. The van der Waals surface area contributed by atoms with E-state index in [1.807, 2.05) is 0 Å². The number of methoxy groups -OCH3 is 2. The van der Waals surface area contributed by atoms with Crippen LogP contribution in [0.1, 0.15) is 0 Å². The van der Waals surface area contributed by atoms with Crippen LogP contribution < -0.4 is 14.8 Å². The predicted octanol–water partition coefficient (Wildman–Crippen LogP) is 4.78. The number of para-hydroxylation sites is 1. The third-order valence-corrected chi connectivity index (χ3v) is 7.21. The maximum absolute atomic E-state index is 13.3. The highest BCUT2D eigenvalue weighted by Gasteiger charge is 2.24. The van der Waals surface area contributed by atoms with E-state index in [1.54, 1.807) is 47.0 Å². The van der Waals surface area contributed by atoms with Gasteiger partial charge >= 0.3 is 0 Å². The van der Waals surface area contributed by atoms with Gasteiger partial charge in [-0.25, -0.2) is 8.42 Å². The summed E-state index contributed by atoms with van der Waals surface area (Å²) >= 11 is 5.91. The molecule has 0 spiro atoms. The molecule has 9 heteroatoms. The molecule has 0 saturated carbocycles. The number of ether oxygens (including phenoxy) is 2. The standard InChI is InChI=1S/C24H21ClN2O5S/c1-31-17-9-12-22(32-2)20(13-17)26-24(28)15-27-14-23(19-5-3-4-6-21(19)27)33(29,30)18-10-7-16(25)8-11-18/h3-14H,15H2,1-2H3,(H,26,28). The van der Waals surface area contributed by atoms with Gasteiger partial charge in [0, 0.05) is 28.2 Å². The Hall–Kier alpha value is -3.49. The smallest absolute Gasteiger partial charge is 0.244 e. The van der Waals surface area contributed by atoms with Gasteiger partial charge in [-0.2, -0.15) is 0 Å². The first kappa shape index (κ1) is 22.7. The first-order chi connectivity index (χ1) is 15.8. The molecular formula is C24H21ClN2O5S. The Morgan fingerprint density at radius 1 is 1.00 bits per heavy atom. The summed E-state index contributed by atoms with van der Waals surface area (Å²) in [5, 5.41) is 3.78. The Balaban J connectivity index is 1.69. The van der Waals surface area contributed by atoms with Crippen molar-refractivity contribution < 1.29 is 22.7 Å². The second-order valence-electron chi connectivity index (χ2n) is 7.21. The zero-order valence-corrected chi connectivity index (χ0v) is 19.5. The number of halogens is 1. The molecular weight excluding hydrogens is 464 g/mol. The van der Waals surface area contributed by atoms with E-state index < -0.39 is 9.84 Å². The third-order valence-electron chi connectivity index (χ3n) is 5.16. The Bertz CT molecular complexity index is 1430.